The molecule has 7 nitrogen and oxygen atoms in total. The van der Waals surface area contributed by atoms with Crippen molar-refractivity contribution in [1.82, 2.24) is 5.32 Å². The van der Waals surface area contributed by atoms with Crippen LogP contribution in [0.4, 0.5) is 10.1 Å². The predicted octanol–water partition coefficient (Wildman–Crippen LogP) is 2.31. The Labute approximate surface area is 161 Å². The summed E-state index contributed by atoms with van der Waals surface area (Å²) in [7, 11) is 1.30. The molecule has 2 aromatic rings. The Bertz CT molecular complexity index is 869. The van der Waals surface area contributed by atoms with E-state index in [-0.39, 0.29) is 17.9 Å². The van der Waals surface area contributed by atoms with Gasteiger partial charge in [0.15, 0.2) is 18.2 Å². The Balaban J connectivity index is 1.78. The van der Waals surface area contributed by atoms with Crippen molar-refractivity contribution < 1.29 is 28.2 Å². The van der Waals surface area contributed by atoms with E-state index < -0.39 is 30.2 Å². The molecule has 2 N–H and O–H groups in total. The quantitative estimate of drug-likeness (QED) is 0.677. The van der Waals surface area contributed by atoms with Gasteiger partial charge in [-0.25, -0.2) is 9.18 Å². The van der Waals surface area contributed by atoms with Gasteiger partial charge >= 0.3 is 5.97 Å². The fourth-order valence-corrected chi connectivity index (χ4v) is 2.38. The van der Waals surface area contributed by atoms with Gasteiger partial charge in [-0.05, 0) is 36.2 Å². The number of methoxy groups -OCH3 is 1. The number of esters is 1. The first-order chi connectivity index (χ1) is 13.4. The van der Waals surface area contributed by atoms with Crippen molar-refractivity contribution >= 4 is 23.5 Å². The molecule has 0 radical (unpaired) electrons. The maximum atomic E-state index is 13.6. The molecule has 0 spiro atoms. The van der Waals surface area contributed by atoms with E-state index in [0.717, 1.165) is 18.1 Å². The number of rotatable bonds is 8. The molecule has 2 rings (SSSR count). The molecule has 2 aromatic carbocycles. The number of anilines is 1. The van der Waals surface area contributed by atoms with E-state index in [1.165, 1.54) is 19.2 Å². The first-order valence-electron chi connectivity index (χ1n) is 8.59. The van der Waals surface area contributed by atoms with Crippen LogP contribution in [0.15, 0.2) is 42.5 Å². The van der Waals surface area contributed by atoms with Gasteiger partial charge in [0, 0.05) is 5.69 Å². The van der Waals surface area contributed by atoms with E-state index in [4.69, 9.17) is 9.47 Å². The van der Waals surface area contributed by atoms with Crippen molar-refractivity contribution in [3.8, 4) is 5.75 Å². The van der Waals surface area contributed by atoms with Crippen LogP contribution in [0.2, 0.25) is 0 Å². The van der Waals surface area contributed by atoms with Crippen LogP contribution in [0.5, 0.6) is 5.75 Å². The van der Waals surface area contributed by atoms with Crippen molar-refractivity contribution in [3.05, 3.63) is 59.4 Å². The van der Waals surface area contributed by atoms with Crippen LogP contribution in [-0.4, -0.2) is 38.0 Å². The van der Waals surface area contributed by atoms with E-state index in [9.17, 15) is 18.8 Å². The van der Waals surface area contributed by atoms with Crippen LogP contribution >= 0.6 is 0 Å². The van der Waals surface area contributed by atoms with E-state index in [1.807, 2.05) is 19.1 Å². The summed E-state index contributed by atoms with van der Waals surface area (Å²) in [6, 6.07) is 10.9. The molecular weight excluding hydrogens is 367 g/mol. The van der Waals surface area contributed by atoms with Gasteiger partial charge in [0.05, 0.1) is 19.2 Å². The number of nitrogens with one attached hydrogen (secondary N) is 2. The average molecular weight is 388 g/mol. The third-order valence-corrected chi connectivity index (χ3v) is 3.84. The molecule has 0 aromatic heterocycles. The first-order valence-corrected chi connectivity index (χ1v) is 8.59. The largest absolute Gasteiger partial charge is 0.494 e. The molecule has 148 valence electrons. The number of halogens is 1. The van der Waals surface area contributed by atoms with Crippen LogP contribution < -0.4 is 15.4 Å². The Morgan fingerprint density at radius 2 is 1.82 bits per heavy atom. The molecule has 0 bridgehead atoms. The standard InChI is InChI=1S/C20H21FN2O5/c1-3-13-6-4-5-7-16(13)23-18(24)11-22-19(25)12-28-20(26)14-8-9-17(27-2)15(21)10-14/h4-10H,3,11-12H2,1-2H3,(H,22,25)(H,23,24). The van der Waals surface area contributed by atoms with Crippen LogP contribution in [-0.2, 0) is 20.7 Å². The molecule has 0 unspecified atom stereocenters. The maximum absolute atomic E-state index is 13.6. The number of hydrogen-bond acceptors (Lipinski definition) is 5. The summed E-state index contributed by atoms with van der Waals surface area (Å²) in [4.78, 5) is 35.6. The second-order valence-corrected chi connectivity index (χ2v) is 5.76. The number of aryl methyl sites for hydroxylation is 1. The summed E-state index contributed by atoms with van der Waals surface area (Å²) in [5, 5.41) is 5.06. The summed E-state index contributed by atoms with van der Waals surface area (Å²) in [6.45, 7) is 1.10. The molecule has 0 aliphatic heterocycles. The minimum absolute atomic E-state index is 0.00930. The Kier molecular flexibility index (Phi) is 7.50. The fraction of sp³-hybridized carbons (Fsp3) is 0.250. The lowest BCUT2D eigenvalue weighted by atomic mass is 10.1. The van der Waals surface area contributed by atoms with Gasteiger partial charge in [0.1, 0.15) is 0 Å². The molecule has 0 heterocycles. The van der Waals surface area contributed by atoms with Gasteiger partial charge in [0.25, 0.3) is 5.91 Å². The lowest BCUT2D eigenvalue weighted by Crippen LogP contribution is -2.35. The number of benzene rings is 2. The Hall–Kier alpha value is -3.42. The first kappa shape index (κ1) is 20.9. The van der Waals surface area contributed by atoms with E-state index in [0.29, 0.717) is 5.69 Å². The monoisotopic (exact) mass is 388 g/mol. The highest BCUT2D eigenvalue weighted by atomic mass is 19.1. The zero-order chi connectivity index (χ0) is 20.5. The van der Waals surface area contributed by atoms with Crippen LogP contribution in [0.1, 0.15) is 22.8 Å². The molecule has 0 atom stereocenters. The summed E-state index contributed by atoms with van der Waals surface area (Å²) in [5.41, 5.74) is 1.60. The van der Waals surface area contributed by atoms with E-state index in [2.05, 4.69) is 10.6 Å². The molecule has 0 saturated heterocycles. The van der Waals surface area contributed by atoms with Gasteiger partial charge in [-0.15, -0.1) is 0 Å². The minimum atomic E-state index is -0.863. The maximum Gasteiger partial charge on any atom is 0.338 e. The molecule has 0 aliphatic rings. The van der Waals surface area contributed by atoms with Crippen molar-refractivity contribution in [1.29, 1.82) is 0 Å². The normalized spacial score (nSPS) is 10.1. The lowest BCUT2D eigenvalue weighted by Gasteiger charge is -2.10. The van der Waals surface area contributed by atoms with Gasteiger partial charge < -0.3 is 20.1 Å². The molecule has 28 heavy (non-hydrogen) atoms. The fourth-order valence-electron chi connectivity index (χ4n) is 2.38. The second kappa shape index (κ2) is 10.1. The zero-order valence-electron chi connectivity index (χ0n) is 15.6. The number of amides is 2. The summed E-state index contributed by atoms with van der Waals surface area (Å²) >= 11 is 0. The van der Waals surface area contributed by atoms with Crippen molar-refractivity contribution in [3.63, 3.8) is 0 Å². The topological polar surface area (TPSA) is 93.7 Å². The molecule has 0 fully saturated rings. The SMILES string of the molecule is CCc1ccccc1NC(=O)CNC(=O)COC(=O)c1ccc(OC)c(F)c1. The molecule has 8 heteroatoms. The highest BCUT2D eigenvalue weighted by Crippen LogP contribution is 2.18. The number of carbonyl (C=O) groups excluding carboxylic acids is 3. The molecule has 2 amide bonds. The van der Waals surface area contributed by atoms with Crippen LogP contribution in [0.25, 0.3) is 0 Å². The number of ether oxygens (including phenoxy) is 2. The average Bonchev–Trinajstić information content (AvgIpc) is 2.70. The number of hydrogen-bond donors (Lipinski definition) is 2. The smallest absolute Gasteiger partial charge is 0.338 e. The van der Waals surface area contributed by atoms with Gasteiger partial charge in [-0.2, -0.15) is 0 Å². The highest BCUT2D eigenvalue weighted by Gasteiger charge is 2.14. The molecular formula is C20H21FN2O5. The van der Waals surface area contributed by atoms with E-state index in [1.54, 1.807) is 12.1 Å². The molecule has 0 aliphatic carbocycles. The minimum Gasteiger partial charge on any atom is -0.494 e. The Morgan fingerprint density at radius 3 is 2.50 bits per heavy atom. The van der Waals surface area contributed by atoms with Gasteiger partial charge in [-0.3, -0.25) is 9.59 Å². The summed E-state index contributed by atoms with van der Waals surface area (Å²) in [6.07, 6.45) is 0.755. The van der Waals surface area contributed by atoms with Crippen molar-refractivity contribution in [2.24, 2.45) is 0 Å². The van der Waals surface area contributed by atoms with Gasteiger partial charge in [-0.1, -0.05) is 25.1 Å². The highest BCUT2D eigenvalue weighted by molar-refractivity contribution is 5.96. The number of para-hydroxylation sites is 1. The van der Waals surface area contributed by atoms with Crippen LogP contribution in [0.3, 0.4) is 0 Å². The predicted molar refractivity (Wildman–Crippen MR) is 101 cm³/mol. The second-order valence-electron chi connectivity index (χ2n) is 5.76. The van der Waals surface area contributed by atoms with E-state index >= 15 is 0 Å². The van der Waals surface area contributed by atoms with Crippen molar-refractivity contribution in [2.45, 2.75) is 13.3 Å². The summed E-state index contributed by atoms with van der Waals surface area (Å²) in [5.74, 6) is -2.65. The number of carbonyl (C=O) groups is 3. The Morgan fingerprint density at radius 1 is 1.07 bits per heavy atom. The molecule has 0 saturated carbocycles. The zero-order valence-corrected chi connectivity index (χ0v) is 15.6. The lowest BCUT2D eigenvalue weighted by molar-refractivity contribution is -0.126. The van der Waals surface area contributed by atoms with Gasteiger partial charge in [0.2, 0.25) is 5.91 Å². The van der Waals surface area contributed by atoms with Crippen molar-refractivity contribution in [2.75, 3.05) is 25.6 Å². The third kappa shape index (κ3) is 5.80. The van der Waals surface area contributed by atoms with Crippen LogP contribution in [0, 0.1) is 5.82 Å². The third-order valence-electron chi connectivity index (χ3n) is 3.84. The summed E-state index contributed by atoms with van der Waals surface area (Å²) < 4.78 is 23.2.